The van der Waals surface area contributed by atoms with Crippen molar-refractivity contribution >= 4 is 35.3 Å². The van der Waals surface area contributed by atoms with Crippen molar-refractivity contribution in [1.82, 2.24) is 14.9 Å². The highest BCUT2D eigenvalue weighted by molar-refractivity contribution is 7.98. The molecule has 2 rings (SSSR count). The van der Waals surface area contributed by atoms with Crippen molar-refractivity contribution in [2.24, 2.45) is 0 Å². The van der Waals surface area contributed by atoms with E-state index in [0.717, 1.165) is 12.8 Å². The molecule has 1 aliphatic heterocycles. The first-order valence-electron chi connectivity index (χ1n) is 7.60. The lowest BCUT2D eigenvalue weighted by atomic mass is 10.1. The number of rotatable bonds is 3. The van der Waals surface area contributed by atoms with Gasteiger partial charge in [0.15, 0.2) is 5.16 Å². The van der Waals surface area contributed by atoms with Gasteiger partial charge in [0, 0.05) is 25.2 Å². The van der Waals surface area contributed by atoms with Gasteiger partial charge in [-0.3, -0.25) is 0 Å². The minimum atomic E-state index is -0.481. The summed E-state index contributed by atoms with van der Waals surface area (Å²) >= 11 is 7.45. The second kappa shape index (κ2) is 7.57. The van der Waals surface area contributed by atoms with Crippen LogP contribution in [0.4, 0.5) is 10.6 Å². The average molecular weight is 359 g/mol. The summed E-state index contributed by atoms with van der Waals surface area (Å²) in [5.74, 6) is 0.686. The normalized spacial score (nSPS) is 18.7. The molecule has 1 fully saturated rings. The summed E-state index contributed by atoms with van der Waals surface area (Å²) in [6, 6.07) is 1.82. The molecule has 0 spiro atoms. The minimum absolute atomic E-state index is 0.122. The van der Waals surface area contributed by atoms with E-state index >= 15 is 0 Å². The van der Waals surface area contributed by atoms with Crippen LogP contribution in [-0.2, 0) is 4.74 Å². The number of carbonyl (C=O) groups excluding carboxylic acids is 1. The van der Waals surface area contributed by atoms with E-state index in [1.807, 2.05) is 27.0 Å². The SMILES string of the molecule is CSc1nc(Cl)cc(NC2CCCN(C(=O)OC(C)(C)C)C2)n1. The third kappa shape index (κ3) is 5.73. The van der Waals surface area contributed by atoms with Gasteiger partial charge in [-0.1, -0.05) is 23.4 Å². The van der Waals surface area contributed by atoms with Gasteiger partial charge in [-0.15, -0.1) is 0 Å². The van der Waals surface area contributed by atoms with Crippen molar-refractivity contribution in [2.45, 2.75) is 50.4 Å². The van der Waals surface area contributed by atoms with Crippen molar-refractivity contribution in [3.8, 4) is 0 Å². The topological polar surface area (TPSA) is 67.4 Å². The van der Waals surface area contributed by atoms with Crippen LogP contribution in [0.2, 0.25) is 5.15 Å². The molecule has 8 heteroatoms. The Bertz CT molecular complexity index is 565. The molecule has 128 valence electrons. The van der Waals surface area contributed by atoms with Crippen LogP contribution in [0.3, 0.4) is 0 Å². The zero-order valence-corrected chi connectivity index (χ0v) is 15.5. The minimum Gasteiger partial charge on any atom is -0.444 e. The molecule has 0 radical (unpaired) electrons. The number of halogens is 1. The zero-order valence-electron chi connectivity index (χ0n) is 13.9. The monoisotopic (exact) mass is 358 g/mol. The molecule has 0 bridgehead atoms. The van der Waals surface area contributed by atoms with Gasteiger partial charge < -0.3 is 15.0 Å². The van der Waals surface area contributed by atoms with Crippen molar-refractivity contribution in [3.05, 3.63) is 11.2 Å². The van der Waals surface area contributed by atoms with E-state index in [-0.39, 0.29) is 12.1 Å². The molecular weight excluding hydrogens is 336 g/mol. The molecule has 1 aliphatic rings. The largest absolute Gasteiger partial charge is 0.444 e. The summed E-state index contributed by atoms with van der Waals surface area (Å²) in [6.07, 6.45) is 3.52. The number of ether oxygens (including phenoxy) is 1. The van der Waals surface area contributed by atoms with Crippen molar-refractivity contribution in [1.29, 1.82) is 0 Å². The van der Waals surface area contributed by atoms with E-state index in [0.29, 0.717) is 29.2 Å². The molecule has 0 aliphatic carbocycles. The number of hydrogen-bond donors (Lipinski definition) is 1. The number of piperidine rings is 1. The number of amides is 1. The first-order chi connectivity index (χ1) is 10.8. The Balaban J connectivity index is 1.99. The van der Waals surface area contributed by atoms with Crippen molar-refractivity contribution in [2.75, 3.05) is 24.7 Å². The smallest absolute Gasteiger partial charge is 0.410 e. The molecule has 2 heterocycles. The van der Waals surface area contributed by atoms with E-state index in [9.17, 15) is 4.79 Å². The second-order valence-corrected chi connectivity index (χ2v) is 7.63. The molecule has 1 unspecified atom stereocenters. The van der Waals surface area contributed by atoms with E-state index in [1.165, 1.54) is 11.8 Å². The van der Waals surface area contributed by atoms with Crippen LogP contribution in [0, 0.1) is 0 Å². The fourth-order valence-corrected chi connectivity index (χ4v) is 2.97. The van der Waals surface area contributed by atoms with Gasteiger partial charge in [-0.25, -0.2) is 14.8 Å². The maximum atomic E-state index is 12.2. The van der Waals surface area contributed by atoms with Crippen LogP contribution in [-0.4, -0.2) is 51.9 Å². The number of thioether (sulfide) groups is 1. The molecule has 23 heavy (non-hydrogen) atoms. The highest BCUT2D eigenvalue weighted by Gasteiger charge is 2.27. The van der Waals surface area contributed by atoms with Crippen molar-refractivity contribution < 1.29 is 9.53 Å². The third-order valence-electron chi connectivity index (χ3n) is 3.28. The molecule has 1 atom stereocenters. The average Bonchev–Trinajstić information content (AvgIpc) is 2.45. The third-order valence-corrected chi connectivity index (χ3v) is 4.02. The number of anilines is 1. The van der Waals surface area contributed by atoms with E-state index < -0.39 is 5.60 Å². The summed E-state index contributed by atoms with van der Waals surface area (Å²) in [5, 5.41) is 4.38. The highest BCUT2D eigenvalue weighted by Crippen LogP contribution is 2.21. The van der Waals surface area contributed by atoms with Gasteiger partial charge in [-0.05, 0) is 39.9 Å². The predicted molar refractivity (Wildman–Crippen MR) is 93.3 cm³/mol. The molecule has 0 saturated carbocycles. The Labute approximate surface area is 146 Å². The number of likely N-dealkylation sites (tertiary alicyclic amines) is 1. The summed E-state index contributed by atoms with van der Waals surface area (Å²) in [6.45, 7) is 6.92. The molecule has 1 amide bonds. The summed E-state index contributed by atoms with van der Waals surface area (Å²) in [4.78, 5) is 22.5. The molecule has 6 nitrogen and oxygen atoms in total. The summed E-state index contributed by atoms with van der Waals surface area (Å²) < 4.78 is 5.44. The molecular formula is C15H23ClN4O2S. The van der Waals surface area contributed by atoms with Gasteiger partial charge in [0.05, 0.1) is 0 Å². The zero-order chi connectivity index (χ0) is 17.0. The summed E-state index contributed by atoms with van der Waals surface area (Å²) in [5.41, 5.74) is -0.481. The first-order valence-corrected chi connectivity index (χ1v) is 9.20. The lowest BCUT2D eigenvalue weighted by Crippen LogP contribution is -2.47. The maximum Gasteiger partial charge on any atom is 0.410 e. The predicted octanol–water partition coefficient (Wildman–Crippen LogP) is 3.66. The van der Waals surface area contributed by atoms with E-state index in [2.05, 4.69) is 15.3 Å². The number of aromatic nitrogens is 2. The molecule has 0 aromatic carbocycles. The van der Waals surface area contributed by atoms with Crippen LogP contribution in [0.25, 0.3) is 0 Å². The van der Waals surface area contributed by atoms with E-state index in [1.54, 1.807) is 11.0 Å². The van der Waals surface area contributed by atoms with Crippen LogP contribution >= 0.6 is 23.4 Å². The van der Waals surface area contributed by atoms with Crippen molar-refractivity contribution in [3.63, 3.8) is 0 Å². The second-order valence-electron chi connectivity index (χ2n) is 6.47. The fraction of sp³-hybridized carbons (Fsp3) is 0.667. The lowest BCUT2D eigenvalue weighted by molar-refractivity contribution is 0.0206. The standard InChI is InChI=1S/C15H23ClN4O2S/c1-15(2,3)22-14(21)20-7-5-6-10(9-20)17-12-8-11(16)18-13(19-12)23-4/h8,10H,5-7,9H2,1-4H3,(H,17,18,19). The Morgan fingerprint density at radius 1 is 1.48 bits per heavy atom. The highest BCUT2D eigenvalue weighted by atomic mass is 35.5. The van der Waals surface area contributed by atoms with Crippen LogP contribution < -0.4 is 5.32 Å². The number of carbonyl (C=O) groups is 1. The summed E-state index contributed by atoms with van der Waals surface area (Å²) in [7, 11) is 0. The van der Waals surface area contributed by atoms with Gasteiger partial charge in [0.2, 0.25) is 0 Å². The molecule has 1 aromatic heterocycles. The quantitative estimate of drug-likeness (QED) is 0.505. The number of nitrogens with one attached hydrogen (secondary N) is 1. The first kappa shape index (κ1) is 18.1. The molecule has 1 N–H and O–H groups in total. The lowest BCUT2D eigenvalue weighted by Gasteiger charge is -2.34. The van der Waals surface area contributed by atoms with Gasteiger partial charge in [0.25, 0.3) is 0 Å². The van der Waals surface area contributed by atoms with Crippen LogP contribution in [0.5, 0.6) is 0 Å². The van der Waals surface area contributed by atoms with Gasteiger partial charge in [0.1, 0.15) is 16.6 Å². The van der Waals surface area contributed by atoms with Gasteiger partial charge in [-0.2, -0.15) is 0 Å². The van der Waals surface area contributed by atoms with Crippen LogP contribution in [0.15, 0.2) is 11.2 Å². The Morgan fingerprint density at radius 3 is 2.87 bits per heavy atom. The van der Waals surface area contributed by atoms with E-state index in [4.69, 9.17) is 16.3 Å². The number of hydrogen-bond acceptors (Lipinski definition) is 6. The molecule has 1 aromatic rings. The van der Waals surface area contributed by atoms with Crippen LogP contribution in [0.1, 0.15) is 33.6 Å². The fourth-order valence-electron chi connectivity index (χ4n) is 2.36. The van der Waals surface area contributed by atoms with Gasteiger partial charge >= 0.3 is 6.09 Å². The Hall–Kier alpha value is -1.21. The number of nitrogens with zero attached hydrogens (tertiary/aromatic N) is 3. The Kier molecular flexibility index (Phi) is 5.97. The Morgan fingerprint density at radius 2 is 2.22 bits per heavy atom. The maximum absolute atomic E-state index is 12.2. The molecule has 1 saturated heterocycles.